The maximum atomic E-state index is 11.5. The number of rotatable bonds is 3. The Morgan fingerprint density at radius 1 is 1.45 bits per heavy atom. The number of aliphatic imine (C=N–C) groups is 1. The molecule has 0 bridgehead atoms. The summed E-state index contributed by atoms with van der Waals surface area (Å²) in [5, 5.41) is 6.40. The molecule has 0 aromatic heterocycles. The molecule has 0 saturated carbocycles. The van der Waals surface area contributed by atoms with E-state index in [1.165, 1.54) is 11.1 Å². The van der Waals surface area contributed by atoms with E-state index in [1.54, 1.807) is 7.05 Å². The third-order valence-corrected chi connectivity index (χ3v) is 5.81. The second-order valence-electron chi connectivity index (χ2n) is 5.24. The largest absolute Gasteiger partial charge is 0.353 e. The topological polar surface area (TPSA) is 70.6 Å². The molecule has 1 unspecified atom stereocenters. The van der Waals surface area contributed by atoms with Crippen molar-refractivity contribution < 1.29 is 8.42 Å². The quantitative estimate of drug-likeness (QED) is 0.378. The monoisotopic (exact) mass is 501 g/mol. The van der Waals surface area contributed by atoms with E-state index in [2.05, 4.69) is 50.6 Å². The Morgan fingerprint density at radius 2 is 2.18 bits per heavy atom. The number of aryl methyl sites for hydroxylation is 1. The average molecular weight is 502 g/mol. The molecule has 1 aliphatic heterocycles. The smallest absolute Gasteiger partial charge is 0.191 e. The van der Waals surface area contributed by atoms with Gasteiger partial charge in [-0.15, -0.1) is 24.0 Å². The van der Waals surface area contributed by atoms with Crippen molar-refractivity contribution >= 4 is 55.7 Å². The lowest BCUT2D eigenvalue weighted by atomic mass is 10.1. The Kier molecular flexibility index (Phi) is 7.60. The molecule has 1 heterocycles. The summed E-state index contributed by atoms with van der Waals surface area (Å²) in [7, 11) is -1.19. The van der Waals surface area contributed by atoms with E-state index in [9.17, 15) is 8.42 Å². The zero-order valence-electron chi connectivity index (χ0n) is 12.6. The third kappa shape index (κ3) is 5.69. The van der Waals surface area contributed by atoms with Gasteiger partial charge in [-0.1, -0.05) is 22.0 Å². The van der Waals surface area contributed by atoms with Gasteiger partial charge in [0.2, 0.25) is 0 Å². The summed E-state index contributed by atoms with van der Waals surface area (Å²) >= 11 is 3.45. The van der Waals surface area contributed by atoms with E-state index in [0.717, 1.165) is 4.47 Å². The first-order valence-electron chi connectivity index (χ1n) is 6.82. The van der Waals surface area contributed by atoms with Crippen LogP contribution < -0.4 is 10.6 Å². The van der Waals surface area contributed by atoms with Gasteiger partial charge in [-0.05, 0) is 36.6 Å². The summed E-state index contributed by atoms with van der Waals surface area (Å²) in [5.74, 6) is 1.08. The molecule has 124 valence electrons. The van der Waals surface area contributed by atoms with Crippen LogP contribution in [0.3, 0.4) is 0 Å². The summed E-state index contributed by atoms with van der Waals surface area (Å²) in [6.07, 6.45) is 0.639. The van der Waals surface area contributed by atoms with Gasteiger partial charge in [0, 0.05) is 24.1 Å². The Morgan fingerprint density at radius 3 is 2.73 bits per heavy atom. The first kappa shape index (κ1) is 19.7. The predicted molar refractivity (Wildman–Crippen MR) is 105 cm³/mol. The van der Waals surface area contributed by atoms with Crippen molar-refractivity contribution in [1.29, 1.82) is 0 Å². The van der Waals surface area contributed by atoms with Gasteiger partial charge >= 0.3 is 0 Å². The van der Waals surface area contributed by atoms with Gasteiger partial charge in [0.15, 0.2) is 15.8 Å². The number of halogens is 2. The van der Waals surface area contributed by atoms with Crippen LogP contribution in [0.2, 0.25) is 0 Å². The van der Waals surface area contributed by atoms with Crippen molar-refractivity contribution in [2.24, 2.45) is 4.99 Å². The highest BCUT2D eigenvalue weighted by Crippen LogP contribution is 2.15. The normalized spacial score (nSPS) is 20.3. The lowest BCUT2D eigenvalue weighted by Crippen LogP contribution is -2.43. The number of nitrogens with zero attached hydrogens (tertiary/aromatic N) is 1. The van der Waals surface area contributed by atoms with Crippen LogP contribution in [0.15, 0.2) is 27.7 Å². The van der Waals surface area contributed by atoms with Crippen LogP contribution in [0.5, 0.6) is 0 Å². The van der Waals surface area contributed by atoms with E-state index < -0.39 is 9.84 Å². The number of nitrogens with one attached hydrogen (secondary N) is 2. The van der Waals surface area contributed by atoms with Gasteiger partial charge in [0.1, 0.15) is 0 Å². The Bertz CT molecular complexity index is 649. The number of hydrogen-bond donors (Lipinski definition) is 2. The molecule has 0 radical (unpaired) electrons. The second-order valence-corrected chi connectivity index (χ2v) is 8.39. The molecule has 2 N–H and O–H groups in total. The summed E-state index contributed by atoms with van der Waals surface area (Å²) in [6, 6.07) is 6.08. The van der Waals surface area contributed by atoms with Gasteiger partial charge in [0.05, 0.1) is 11.5 Å². The molecule has 1 atom stereocenters. The first-order valence-corrected chi connectivity index (χ1v) is 9.44. The predicted octanol–water partition coefficient (Wildman–Crippen LogP) is 2.23. The maximum absolute atomic E-state index is 11.5. The average Bonchev–Trinajstić information content (AvgIpc) is 2.75. The Labute approximate surface area is 157 Å². The molecular weight excluding hydrogens is 481 g/mol. The molecule has 5 nitrogen and oxygen atoms in total. The Balaban J connectivity index is 0.00000242. The second kappa shape index (κ2) is 8.49. The molecule has 0 aliphatic carbocycles. The lowest BCUT2D eigenvalue weighted by molar-refractivity contribution is 0.599. The standard InChI is InChI=1S/C14H20BrN3O2S.HI/c1-10-7-12(15)4-3-11(10)8-17-14(16-2)18-13-5-6-21(19,20)9-13;/h3-4,7,13H,5-6,8-9H2,1-2H3,(H2,16,17,18);1H. The summed E-state index contributed by atoms with van der Waals surface area (Å²) in [6.45, 7) is 2.71. The number of sulfone groups is 1. The number of benzene rings is 1. The van der Waals surface area contributed by atoms with Crippen LogP contribution in [-0.2, 0) is 16.4 Å². The fraction of sp³-hybridized carbons (Fsp3) is 0.500. The van der Waals surface area contributed by atoms with Crippen molar-refractivity contribution in [1.82, 2.24) is 10.6 Å². The van der Waals surface area contributed by atoms with E-state index in [4.69, 9.17) is 0 Å². The third-order valence-electron chi connectivity index (χ3n) is 3.55. The maximum Gasteiger partial charge on any atom is 0.191 e. The van der Waals surface area contributed by atoms with Crippen LogP contribution in [0, 0.1) is 6.92 Å². The minimum Gasteiger partial charge on any atom is -0.353 e. The highest BCUT2D eigenvalue weighted by atomic mass is 127. The van der Waals surface area contributed by atoms with E-state index in [-0.39, 0.29) is 41.5 Å². The molecule has 1 saturated heterocycles. The molecule has 1 fully saturated rings. The molecule has 0 spiro atoms. The van der Waals surface area contributed by atoms with Crippen molar-refractivity contribution in [3.05, 3.63) is 33.8 Å². The number of hydrogen-bond acceptors (Lipinski definition) is 3. The fourth-order valence-corrected chi connectivity index (χ4v) is 4.48. The van der Waals surface area contributed by atoms with Crippen LogP contribution >= 0.6 is 39.9 Å². The van der Waals surface area contributed by atoms with Gasteiger partial charge in [-0.25, -0.2) is 8.42 Å². The van der Waals surface area contributed by atoms with Crippen LogP contribution in [-0.4, -0.2) is 39.0 Å². The SMILES string of the molecule is CN=C(NCc1ccc(Br)cc1C)NC1CCS(=O)(=O)C1.I. The Hall–Kier alpha value is -0.350. The summed E-state index contributed by atoms with van der Waals surface area (Å²) < 4.78 is 24.0. The number of guanidine groups is 1. The van der Waals surface area contributed by atoms with Crippen molar-refractivity contribution in [3.8, 4) is 0 Å². The molecule has 1 aromatic carbocycles. The van der Waals surface area contributed by atoms with Gasteiger partial charge in [-0.3, -0.25) is 4.99 Å². The van der Waals surface area contributed by atoms with Crippen LogP contribution in [0.4, 0.5) is 0 Å². The van der Waals surface area contributed by atoms with Crippen LogP contribution in [0.25, 0.3) is 0 Å². The van der Waals surface area contributed by atoms with E-state index in [1.807, 2.05) is 6.07 Å². The van der Waals surface area contributed by atoms with Gasteiger partial charge < -0.3 is 10.6 Å². The minimum atomic E-state index is -2.88. The van der Waals surface area contributed by atoms with E-state index >= 15 is 0 Å². The molecule has 2 rings (SSSR count). The zero-order valence-corrected chi connectivity index (χ0v) is 17.3. The van der Waals surface area contributed by atoms with Crippen LogP contribution in [0.1, 0.15) is 17.5 Å². The zero-order chi connectivity index (χ0) is 15.5. The van der Waals surface area contributed by atoms with Crippen molar-refractivity contribution in [2.45, 2.75) is 25.9 Å². The first-order chi connectivity index (χ1) is 9.89. The molecular formula is C14H21BrIN3O2S. The molecule has 1 aliphatic rings. The van der Waals surface area contributed by atoms with Crippen molar-refractivity contribution in [3.63, 3.8) is 0 Å². The summed E-state index contributed by atoms with van der Waals surface area (Å²) in [5.41, 5.74) is 2.37. The van der Waals surface area contributed by atoms with Gasteiger partial charge in [-0.2, -0.15) is 0 Å². The fourth-order valence-electron chi connectivity index (χ4n) is 2.33. The van der Waals surface area contributed by atoms with E-state index in [0.29, 0.717) is 18.9 Å². The lowest BCUT2D eigenvalue weighted by Gasteiger charge is -2.16. The molecule has 22 heavy (non-hydrogen) atoms. The van der Waals surface area contributed by atoms with Crippen molar-refractivity contribution in [2.75, 3.05) is 18.6 Å². The minimum absolute atomic E-state index is 0. The summed E-state index contributed by atoms with van der Waals surface area (Å²) in [4.78, 5) is 4.15. The highest BCUT2D eigenvalue weighted by Gasteiger charge is 2.28. The molecule has 8 heteroatoms. The molecule has 1 aromatic rings. The molecule has 0 amide bonds. The highest BCUT2D eigenvalue weighted by molar-refractivity contribution is 14.0. The van der Waals surface area contributed by atoms with Gasteiger partial charge in [0.25, 0.3) is 0 Å².